The maximum Gasteiger partial charge on any atom is 0.236 e. The van der Waals surface area contributed by atoms with Crippen LogP contribution in [0.2, 0.25) is 0 Å². The number of amides is 1. The minimum atomic E-state index is -0.163. The van der Waals surface area contributed by atoms with Crippen molar-refractivity contribution >= 4 is 5.91 Å². The van der Waals surface area contributed by atoms with E-state index < -0.39 is 0 Å². The van der Waals surface area contributed by atoms with Crippen LogP contribution in [-0.2, 0) is 16.0 Å². The zero-order chi connectivity index (χ0) is 18.5. The molecule has 2 aromatic rings. The van der Waals surface area contributed by atoms with Gasteiger partial charge in [-0.25, -0.2) is 0 Å². The van der Waals surface area contributed by atoms with E-state index in [9.17, 15) is 4.79 Å². The first-order chi connectivity index (χ1) is 12.5. The number of rotatable bonds is 5. The number of pyridine rings is 1. The molecule has 2 heterocycles. The van der Waals surface area contributed by atoms with E-state index >= 15 is 0 Å². The molecule has 1 amide bonds. The van der Waals surface area contributed by atoms with Gasteiger partial charge in [0.05, 0.1) is 25.4 Å². The van der Waals surface area contributed by atoms with Crippen molar-refractivity contribution in [1.82, 2.24) is 14.8 Å². The number of nitrogens with zero attached hydrogens (tertiary/aromatic N) is 3. The Morgan fingerprint density at radius 3 is 2.73 bits per heavy atom. The van der Waals surface area contributed by atoms with E-state index in [0.29, 0.717) is 26.2 Å². The first-order valence-corrected chi connectivity index (χ1v) is 9.07. The van der Waals surface area contributed by atoms with Crippen LogP contribution >= 0.6 is 0 Å². The van der Waals surface area contributed by atoms with Crippen LogP contribution in [0.3, 0.4) is 0 Å². The van der Waals surface area contributed by atoms with Gasteiger partial charge in [-0.1, -0.05) is 30.3 Å². The van der Waals surface area contributed by atoms with E-state index in [2.05, 4.69) is 41.4 Å². The summed E-state index contributed by atoms with van der Waals surface area (Å²) in [5.74, 6) is 0.139. The normalized spacial score (nSPS) is 17.5. The number of hydrogen-bond acceptors (Lipinski definition) is 4. The monoisotopic (exact) mass is 353 g/mol. The predicted octanol–water partition coefficient (Wildman–Crippen LogP) is 2.44. The standard InChI is InChI=1S/C21H27N3O2/c1-16-11-18(12-17-7-5-4-6-8-17)13-19(22-16)20-14-24(9-10-26-20)21(25)15-23(2)3/h4-8,11,13,20H,9-10,12,14-15H2,1-3H3/t20-/m0/s1. The van der Waals surface area contributed by atoms with Gasteiger partial charge in [-0.15, -0.1) is 0 Å². The summed E-state index contributed by atoms with van der Waals surface area (Å²) in [6.07, 6.45) is 0.706. The smallest absolute Gasteiger partial charge is 0.236 e. The van der Waals surface area contributed by atoms with Crippen molar-refractivity contribution in [2.24, 2.45) is 0 Å². The molecule has 1 fully saturated rings. The van der Waals surface area contributed by atoms with Crippen LogP contribution in [0.15, 0.2) is 42.5 Å². The molecule has 0 aliphatic carbocycles. The summed E-state index contributed by atoms with van der Waals surface area (Å²) >= 11 is 0. The highest BCUT2D eigenvalue weighted by Crippen LogP contribution is 2.23. The van der Waals surface area contributed by atoms with Crippen LogP contribution in [0.25, 0.3) is 0 Å². The molecule has 0 saturated carbocycles. The number of morpholine rings is 1. The summed E-state index contributed by atoms with van der Waals surface area (Å²) in [6.45, 7) is 4.19. The minimum Gasteiger partial charge on any atom is -0.368 e. The fourth-order valence-corrected chi connectivity index (χ4v) is 3.29. The molecule has 0 spiro atoms. The third-order valence-corrected chi connectivity index (χ3v) is 4.48. The average Bonchev–Trinajstić information content (AvgIpc) is 2.61. The summed E-state index contributed by atoms with van der Waals surface area (Å²) < 4.78 is 5.94. The highest BCUT2D eigenvalue weighted by molar-refractivity contribution is 5.78. The molecule has 5 nitrogen and oxygen atoms in total. The Morgan fingerprint density at radius 1 is 1.23 bits per heavy atom. The van der Waals surface area contributed by atoms with Crippen LogP contribution in [-0.4, -0.2) is 61.0 Å². The number of hydrogen-bond donors (Lipinski definition) is 0. The molecule has 1 aliphatic heterocycles. The molecule has 0 N–H and O–H groups in total. The Hall–Kier alpha value is -2.24. The molecular formula is C21H27N3O2. The van der Waals surface area contributed by atoms with Crippen molar-refractivity contribution in [2.45, 2.75) is 19.4 Å². The number of aryl methyl sites for hydroxylation is 1. The second kappa shape index (κ2) is 8.43. The summed E-state index contributed by atoms with van der Waals surface area (Å²) in [5, 5.41) is 0. The number of carbonyl (C=O) groups is 1. The van der Waals surface area contributed by atoms with Gasteiger partial charge in [-0.3, -0.25) is 9.78 Å². The van der Waals surface area contributed by atoms with Crippen molar-refractivity contribution < 1.29 is 9.53 Å². The fraction of sp³-hybridized carbons (Fsp3) is 0.429. The summed E-state index contributed by atoms with van der Waals surface area (Å²) in [7, 11) is 3.82. The topological polar surface area (TPSA) is 45.7 Å². The first-order valence-electron chi connectivity index (χ1n) is 9.07. The Bertz CT molecular complexity index is 746. The van der Waals surface area contributed by atoms with Gasteiger partial charge in [0.25, 0.3) is 0 Å². The molecule has 1 aromatic carbocycles. The third kappa shape index (κ3) is 4.90. The lowest BCUT2D eigenvalue weighted by Gasteiger charge is -2.33. The first kappa shape index (κ1) is 18.5. The summed E-state index contributed by atoms with van der Waals surface area (Å²) in [5.41, 5.74) is 4.39. The minimum absolute atomic E-state index is 0.139. The molecule has 5 heteroatoms. The second-order valence-corrected chi connectivity index (χ2v) is 7.14. The van der Waals surface area contributed by atoms with Crippen molar-refractivity contribution in [3.63, 3.8) is 0 Å². The maximum absolute atomic E-state index is 12.4. The Morgan fingerprint density at radius 2 is 2.00 bits per heavy atom. The number of likely N-dealkylation sites (N-methyl/N-ethyl adjacent to an activating group) is 1. The molecule has 0 unspecified atom stereocenters. The lowest BCUT2D eigenvalue weighted by atomic mass is 10.0. The summed E-state index contributed by atoms with van der Waals surface area (Å²) in [4.78, 5) is 20.8. The molecule has 0 bridgehead atoms. The molecule has 3 rings (SSSR count). The number of ether oxygens (including phenoxy) is 1. The SMILES string of the molecule is Cc1cc(Cc2ccccc2)cc([C@@H]2CN(C(=O)CN(C)C)CCO2)n1. The van der Waals surface area contributed by atoms with Gasteiger partial charge < -0.3 is 14.5 Å². The van der Waals surface area contributed by atoms with Crippen molar-refractivity contribution in [3.05, 3.63) is 65.0 Å². The van der Waals surface area contributed by atoms with E-state index in [4.69, 9.17) is 4.74 Å². The lowest BCUT2D eigenvalue weighted by molar-refractivity contribution is -0.139. The van der Waals surface area contributed by atoms with E-state index in [1.54, 1.807) is 0 Å². The lowest BCUT2D eigenvalue weighted by Crippen LogP contribution is -2.45. The zero-order valence-corrected chi connectivity index (χ0v) is 15.8. The van der Waals surface area contributed by atoms with E-state index in [-0.39, 0.29) is 12.0 Å². The van der Waals surface area contributed by atoms with Gasteiger partial charge in [-0.05, 0) is 50.7 Å². The van der Waals surface area contributed by atoms with Crippen molar-refractivity contribution in [3.8, 4) is 0 Å². The van der Waals surface area contributed by atoms with Gasteiger partial charge in [-0.2, -0.15) is 0 Å². The quantitative estimate of drug-likeness (QED) is 0.828. The van der Waals surface area contributed by atoms with E-state index in [1.165, 1.54) is 11.1 Å². The Kier molecular flexibility index (Phi) is 6.01. The van der Waals surface area contributed by atoms with Crippen molar-refractivity contribution in [1.29, 1.82) is 0 Å². The zero-order valence-electron chi connectivity index (χ0n) is 15.8. The van der Waals surface area contributed by atoms with Crippen LogP contribution in [0.1, 0.15) is 28.6 Å². The predicted molar refractivity (Wildman–Crippen MR) is 102 cm³/mol. The highest BCUT2D eigenvalue weighted by atomic mass is 16.5. The second-order valence-electron chi connectivity index (χ2n) is 7.14. The van der Waals surface area contributed by atoms with Crippen LogP contribution < -0.4 is 0 Å². The number of aromatic nitrogens is 1. The molecule has 138 valence electrons. The molecule has 26 heavy (non-hydrogen) atoms. The molecule has 1 aromatic heterocycles. The van der Waals surface area contributed by atoms with E-state index in [1.807, 2.05) is 36.9 Å². The highest BCUT2D eigenvalue weighted by Gasteiger charge is 2.26. The number of benzene rings is 1. The van der Waals surface area contributed by atoms with Gasteiger partial charge in [0, 0.05) is 12.2 Å². The average molecular weight is 353 g/mol. The van der Waals surface area contributed by atoms with Crippen LogP contribution in [0, 0.1) is 6.92 Å². The Labute approximate surface area is 155 Å². The van der Waals surface area contributed by atoms with Crippen LogP contribution in [0.5, 0.6) is 0 Å². The van der Waals surface area contributed by atoms with Gasteiger partial charge in [0.1, 0.15) is 6.10 Å². The largest absolute Gasteiger partial charge is 0.368 e. The molecule has 1 saturated heterocycles. The van der Waals surface area contributed by atoms with Crippen LogP contribution in [0.4, 0.5) is 0 Å². The van der Waals surface area contributed by atoms with E-state index in [0.717, 1.165) is 17.8 Å². The molecule has 1 atom stereocenters. The Balaban J connectivity index is 1.74. The fourth-order valence-electron chi connectivity index (χ4n) is 3.29. The maximum atomic E-state index is 12.4. The van der Waals surface area contributed by atoms with Gasteiger partial charge in [0.2, 0.25) is 5.91 Å². The van der Waals surface area contributed by atoms with Crippen molar-refractivity contribution in [2.75, 3.05) is 40.3 Å². The van der Waals surface area contributed by atoms with Gasteiger partial charge in [0.15, 0.2) is 0 Å². The molecular weight excluding hydrogens is 326 g/mol. The molecule has 1 aliphatic rings. The third-order valence-electron chi connectivity index (χ3n) is 4.48. The van der Waals surface area contributed by atoms with Gasteiger partial charge >= 0.3 is 0 Å². The molecule has 0 radical (unpaired) electrons. The number of carbonyl (C=O) groups excluding carboxylic acids is 1. The summed E-state index contributed by atoms with van der Waals surface area (Å²) in [6, 6.07) is 14.6.